The van der Waals surface area contributed by atoms with E-state index >= 15 is 0 Å². The molecule has 3 rings (SSSR count). The average molecular weight is 469 g/mol. The molecule has 0 atom stereocenters. The number of para-hydroxylation sites is 2. The first-order chi connectivity index (χ1) is 13.1. The summed E-state index contributed by atoms with van der Waals surface area (Å²) < 4.78 is 24.8. The second kappa shape index (κ2) is 10.5. The molecule has 8 heteroatoms. The van der Waals surface area contributed by atoms with Crippen LogP contribution in [-0.2, 0) is 0 Å². The summed E-state index contributed by atoms with van der Waals surface area (Å²) in [4.78, 5) is 19.2. The van der Waals surface area contributed by atoms with Crippen LogP contribution in [0.25, 0.3) is 0 Å². The average Bonchev–Trinajstić information content (AvgIpc) is 2.72. The fourth-order valence-corrected chi connectivity index (χ4v) is 3.76. The van der Waals surface area contributed by atoms with Gasteiger partial charge in [0, 0.05) is 18.4 Å². The number of amidine groups is 1. The van der Waals surface area contributed by atoms with E-state index in [1.807, 2.05) is 24.3 Å². The number of benzene rings is 2. The van der Waals surface area contributed by atoms with E-state index in [0.29, 0.717) is 18.0 Å². The van der Waals surface area contributed by atoms with E-state index in [9.17, 15) is 9.18 Å². The second-order valence-electron chi connectivity index (χ2n) is 5.89. The molecule has 0 saturated heterocycles. The molecule has 0 aliphatic carbocycles. The van der Waals surface area contributed by atoms with E-state index in [1.165, 1.54) is 19.2 Å². The zero-order chi connectivity index (χ0) is 19.2. The second-order valence-corrected chi connectivity index (χ2v) is 6.96. The molecule has 150 valence electrons. The van der Waals surface area contributed by atoms with Crippen LogP contribution < -0.4 is 14.4 Å². The van der Waals surface area contributed by atoms with Gasteiger partial charge in [0.05, 0.1) is 32.0 Å². The van der Waals surface area contributed by atoms with Crippen LogP contribution in [0.5, 0.6) is 11.5 Å². The number of ketones is 1. The Hall–Kier alpha value is -2.06. The normalized spacial score (nSPS) is 13.2. The fourth-order valence-electron chi connectivity index (χ4n) is 2.80. The number of halogens is 2. The van der Waals surface area contributed by atoms with Crippen molar-refractivity contribution in [1.29, 1.82) is 0 Å². The maximum absolute atomic E-state index is 14.3. The van der Waals surface area contributed by atoms with Gasteiger partial charge in [-0.3, -0.25) is 9.79 Å². The zero-order valence-electron chi connectivity index (χ0n) is 15.7. The Morgan fingerprint density at radius 3 is 2.64 bits per heavy atom. The molecule has 0 fully saturated rings. The van der Waals surface area contributed by atoms with E-state index in [0.717, 1.165) is 23.0 Å². The summed E-state index contributed by atoms with van der Waals surface area (Å²) in [5.41, 5.74) is 0.757. The van der Waals surface area contributed by atoms with Gasteiger partial charge in [0.1, 0.15) is 17.3 Å². The van der Waals surface area contributed by atoms with Crippen molar-refractivity contribution in [2.45, 2.75) is 6.42 Å². The van der Waals surface area contributed by atoms with Gasteiger partial charge >= 0.3 is 0 Å². The molecular formula is C20H22BrFN2O3S. The number of thioether (sulfide) groups is 1. The number of nitrogens with zero attached hydrogens (tertiary/aromatic N) is 2. The number of carbonyl (C=O) groups excluding carboxylic acids is 1. The van der Waals surface area contributed by atoms with Gasteiger partial charge in [-0.1, -0.05) is 23.9 Å². The lowest BCUT2D eigenvalue weighted by Crippen LogP contribution is -2.36. The molecule has 0 unspecified atom stereocenters. The van der Waals surface area contributed by atoms with Crippen molar-refractivity contribution in [2.75, 3.05) is 38.0 Å². The van der Waals surface area contributed by atoms with Crippen molar-refractivity contribution >= 4 is 45.4 Å². The molecule has 5 nitrogen and oxygen atoms in total. The molecule has 2 aromatic rings. The predicted molar refractivity (Wildman–Crippen MR) is 117 cm³/mol. The van der Waals surface area contributed by atoms with Crippen LogP contribution >= 0.6 is 28.7 Å². The Morgan fingerprint density at radius 1 is 1.21 bits per heavy atom. The van der Waals surface area contributed by atoms with Crippen molar-refractivity contribution in [1.82, 2.24) is 0 Å². The third kappa shape index (κ3) is 5.05. The van der Waals surface area contributed by atoms with Gasteiger partial charge in [0.25, 0.3) is 0 Å². The van der Waals surface area contributed by atoms with Gasteiger partial charge in [-0.2, -0.15) is 0 Å². The third-order valence-electron chi connectivity index (χ3n) is 4.17. The minimum absolute atomic E-state index is 0. The summed E-state index contributed by atoms with van der Waals surface area (Å²) in [6.45, 7) is 0.675. The smallest absolute Gasteiger partial charge is 0.185 e. The van der Waals surface area contributed by atoms with Crippen LogP contribution in [0.3, 0.4) is 0 Å². The van der Waals surface area contributed by atoms with E-state index in [2.05, 4.69) is 4.99 Å². The summed E-state index contributed by atoms with van der Waals surface area (Å²) >= 11 is 1.59. The Labute approximate surface area is 178 Å². The largest absolute Gasteiger partial charge is 0.497 e. The van der Waals surface area contributed by atoms with E-state index < -0.39 is 5.82 Å². The first-order valence-corrected chi connectivity index (χ1v) is 9.57. The minimum Gasteiger partial charge on any atom is -0.497 e. The number of ether oxygens (including phenoxy) is 2. The zero-order valence-corrected chi connectivity index (χ0v) is 18.2. The van der Waals surface area contributed by atoms with Crippen molar-refractivity contribution < 1.29 is 18.7 Å². The molecule has 2 aromatic carbocycles. The van der Waals surface area contributed by atoms with Gasteiger partial charge in [-0.15, -0.1) is 17.0 Å². The Morgan fingerprint density at radius 2 is 2.00 bits per heavy atom. The molecule has 0 aromatic heterocycles. The number of methoxy groups -OCH3 is 2. The quantitative estimate of drug-likeness (QED) is 0.579. The summed E-state index contributed by atoms with van der Waals surface area (Å²) in [7, 11) is 3.04. The molecule has 0 saturated carbocycles. The maximum Gasteiger partial charge on any atom is 0.185 e. The summed E-state index contributed by atoms with van der Waals surface area (Å²) in [6, 6.07) is 11.7. The van der Waals surface area contributed by atoms with E-state index in [-0.39, 0.29) is 34.9 Å². The lowest BCUT2D eigenvalue weighted by Gasteiger charge is -2.28. The molecule has 1 aliphatic heterocycles. The molecule has 1 heterocycles. The van der Waals surface area contributed by atoms with Crippen molar-refractivity contribution in [3.8, 4) is 11.5 Å². The standard InChI is InChI=1S/C20H21FN2O3S.BrH/c1-25-14-8-9-15(16(21)12-14)18(24)13-23(20-22-10-5-11-27-20)17-6-3-4-7-19(17)26-2;/h3-4,6-9,12H,5,10-11,13H2,1-2H3;1H. The van der Waals surface area contributed by atoms with Gasteiger partial charge in [0.2, 0.25) is 0 Å². The number of anilines is 1. The van der Waals surface area contributed by atoms with Crippen molar-refractivity contribution in [3.63, 3.8) is 0 Å². The maximum atomic E-state index is 14.3. The first-order valence-electron chi connectivity index (χ1n) is 8.58. The van der Waals surface area contributed by atoms with Crippen LogP contribution in [0.2, 0.25) is 0 Å². The fraction of sp³-hybridized carbons (Fsp3) is 0.300. The highest BCUT2D eigenvalue weighted by molar-refractivity contribution is 8.93. The number of Topliss-reactive ketones (excluding diaryl/α,β-unsaturated/α-hetero) is 1. The minimum atomic E-state index is -0.599. The Bertz CT molecular complexity index is 863. The highest BCUT2D eigenvalue weighted by Crippen LogP contribution is 2.31. The molecule has 0 bridgehead atoms. The Kier molecular flexibility index (Phi) is 8.32. The molecule has 28 heavy (non-hydrogen) atoms. The topological polar surface area (TPSA) is 51.1 Å². The van der Waals surface area contributed by atoms with Crippen LogP contribution in [0.4, 0.5) is 10.1 Å². The van der Waals surface area contributed by atoms with Gasteiger partial charge < -0.3 is 14.4 Å². The molecule has 1 aliphatic rings. The van der Waals surface area contributed by atoms with E-state index in [4.69, 9.17) is 9.47 Å². The summed E-state index contributed by atoms with van der Waals surface area (Å²) in [5.74, 6) is 0.995. The third-order valence-corrected chi connectivity index (χ3v) is 5.27. The first kappa shape index (κ1) is 22.2. The lowest BCUT2D eigenvalue weighted by molar-refractivity contribution is 0.0998. The number of aliphatic imine (C=N–C) groups is 1. The molecule has 0 N–H and O–H groups in total. The molecular weight excluding hydrogens is 447 g/mol. The van der Waals surface area contributed by atoms with Gasteiger partial charge in [-0.05, 0) is 30.7 Å². The monoisotopic (exact) mass is 468 g/mol. The molecule has 0 spiro atoms. The number of hydrogen-bond acceptors (Lipinski definition) is 6. The number of rotatable bonds is 6. The van der Waals surface area contributed by atoms with Crippen molar-refractivity contribution in [3.05, 3.63) is 53.8 Å². The van der Waals surface area contributed by atoms with Crippen LogP contribution in [0, 0.1) is 5.82 Å². The summed E-state index contributed by atoms with van der Waals surface area (Å²) in [6.07, 6.45) is 0.995. The molecule has 0 radical (unpaired) electrons. The van der Waals surface area contributed by atoms with E-state index in [1.54, 1.807) is 29.8 Å². The highest BCUT2D eigenvalue weighted by atomic mass is 79.9. The van der Waals surface area contributed by atoms with Gasteiger partial charge in [-0.25, -0.2) is 4.39 Å². The predicted octanol–water partition coefficient (Wildman–Crippen LogP) is 4.60. The summed E-state index contributed by atoms with van der Waals surface area (Å²) in [5, 5.41) is 0.744. The number of carbonyl (C=O) groups is 1. The van der Waals surface area contributed by atoms with Gasteiger partial charge in [0.15, 0.2) is 11.0 Å². The van der Waals surface area contributed by atoms with Crippen molar-refractivity contribution in [2.24, 2.45) is 4.99 Å². The number of hydrogen-bond donors (Lipinski definition) is 0. The van der Waals surface area contributed by atoms with Crippen LogP contribution in [0.15, 0.2) is 47.5 Å². The Balaban J connectivity index is 0.00000280. The van der Waals surface area contributed by atoms with Crippen LogP contribution in [-0.4, -0.2) is 44.0 Å². The highest BCUT2D eigenvalue weighted by Gasteiger charge is 2.24. The molecule has 0 amide bonds. The van der Waals surface area contributed by atoms with Crippen LogP contribution in [0.1, 0.15) is 16.8 Å². The lowest BCUT2D eigenvalue weighted by atomic mass is 10.1. The SMILES string of the molecule is Br.COc1ccc(C(=O)CN(C2=NCCCS2)c2ccccc2OC)c(F)c1.